The third-order valence-electron chi connectivity index (χ3n) is 4.55. The lowest BCUT2D eigenvalue weighted by Gasteiger charge is -2.23. The summed E-state index contributed by atoms with van der Waals surface area (Å²) in [6, 6.07) is 0. The molecule has 156 valence electrons. The SMILES string of the molecule is CCNC(=NCC(CCO)CC(C)C)N1CCC(COCCOC)C1.I. The van der Waals surface area contributed by atoms with Crippen LogP contribution >= 0.6 is 24.0 Å². The minimum absolute atomic E-state index is 0. The summed E-state index contributed by atoms with van der Waals surface area (Å²) < 4.78 is 10.7. The van der Waals surface area contributed by atoms with Crippen LogP contribution in [0.5, 0.6) is 0 Å². The predicted molar refractivity (Wildman–Crippen MR) is 118 cm³/mol. The number of rotatable bonds is 12. The molecule has 0 aromatic rings. The molecular weight excluding hydrogens is 445 g/mol. The fourth-order valence-electron chi connectivity index (χ4n) is 3.33. The van der Waals surface area contributed by atoms with E-state index in [9.17, 15) is 5.11 Å². The Labute approximate surface area is 177 Å². The minimum atomic E-state index is 0. The smallest absolute Gasteiger partial charge is 0.193 e. The van der Waals surface area contributed by atoms with E-state index in [0.717, 1.165) is 58.0 Å². The molecule has 0 spiro atoms. The van der Waals surface area contributed by atoms with Crippen molar-refractivity contribution in [3.05, 3.63) is 0 Å². The monoisotopic (exact) mass is 485 g/mol. The predicted octanol–water partition coefficient (Wildman–Crippen LogP) is 2.60. The Morgan fingerprint density at radius 1 is 1.35 bits per heavy atom. The van der Waals surface area contributed by atoms with E-state index in [1.54, 1.807) is 7.11 Å². The van der Waals surface area contributed by atoms with Gasteiger partial charge in [-0.05, 0) is 38.0 Å². The molecule has 0 bridgehead atoms. The van der Waals surface area contributed by atoms with Gasteiger partial charge in [-0.3, -0.25) is 4.99 Å². The highest BCUT2D eigenvalue weighted by atomic mass is 127. The number of hydrogen-bond acceptors (Lipinski definition) is 4. The molecule has 2 N–H and O–H groups in total. The van der Waals surface area contributed by atoms with Gasteiger partial charge in [-0.25, -0.2) is 0 Å². The number of likely N-dealkylation sites (tertiary alicyclic amines) is 1. The number of aliphatic hydroxyl groups excluding tert-OH is 1. The van der Waals surface area contributed by atoms with Gasteiger partial charge in [0, 0.05) is 45.8 Å². The van der Waals surface area contributed by atoms with Crippen LogP contribution in [0.4, 0.5) is 0 Å². The number of ether oxygens (including phenoxy) is 2. The lowest BCUT2D eigenvalue weighted by molar-refractivity contribution is 0.0536. The molecule has 6 nitrogen and oxygen atoms in total. The van der Waals surface area contributed by atoms with E-state index >= 15 is 0 Å². The molecular formula is C19H40IN3O3. The van der Waals surface area contributed by atoms with Gasteiger partial charge in [0.15, 0.2) is 5.96 Å². The van der Waals surface area contributed by atoms with Crippen LogP contribution in [0.25, 0.3) is 0 Å². The molecule has 1 aliphatic heterocycles. The van der Waals surface area contributed by atoms with E-state index in [4.69, 9.17) is 14.5 Å². The number of guanidine groups is 1. The van der Waals surface area contributed by atoms with Crippen molar-refractivity contribution >= 4 is 29.9 Å². The van der Waals surface area contributed by atoms with E-state index in [1.807, 2.05) is 0 Å². The van der Waals surface area contributed by atoms with Crippen molar-refractivity contribution in [2.24, 2.45) is 22.7 Å². The van der Waals surface area contributed by atoms with Gasteiger partial charge in [0.1, 0.15) is 0 Å². The van der Waals surface area contributed by atoms with Gasteiger partial charge < -0.3 is 24.8 Å². The van der Waals surface area contributed by atoms with Gasteiger partial charge >= 0.3 is 0 Å². The summed E-state index contributed by atoms with van der Waals surface area (Å²) in [5, 5.41) is 12.7. The maximum absolute atomic E-state index is 9.29. The summed E-state index contributed by atoms with van der Waals surface area (Å²) in [7, 11) is 1.70. The molecule has 1 rings (SSSR count). The van der Waals surface area contributed by atoms with Crippen LogP contribution in [0.1, 0.15) is 40.0 Å². The first-order valence-electron chi connectivity index (χ1n) is 9.81. The Morgan fingerprint density at radius 3 is 2.73 bits per heavy atom. The summed E-state index contributed by atoms with van der Waals surface area (Å²) in [6.45, 7) is 12.6. The average Bonchev–Trinajstić information content (AvgIpc) is 3.04. The molecule has 0 amide bonds. The Balaban J connectivity index is 0.00000625. The van der Waals surface area contributed by atoms with Crippen LogP contribution in [0.2, 0.25) is 0 Å². The van der Waals surface area contributed by atoms with Crippen molar-refractivity contribution in [3.63, 3.8) is 0 Å². The summed E-state index contributed by atoms with van der Waals surface area (Å²) in [4.78, 5) is 7.22. The van der Waals surface area contributed by atoms with E-state index in [-0.39, 0.29) is 30.6 Å². The first-order chi connectivity index (χ1) is 12.1. The maximum Gasteiger partial charge on any atom is 0.193 e. The Hall–Kier alpha value is -0.120. The van der Waals surface area contributed by atoms with E-state index in [1.165, 1.54) is 0 Å². The van der Waals surface area contributed by atoms with Gasteiger partial charge in [-0.1, -0.05) is 13.8 Å². The number of methoxy groups -OCH3 is 1. The first kappa shape index (κ1) is 25.9. The molecule has 0 radical (unpaired) electrons. The van der Waals surface area contributed by atoms with Crippen LogP contribution in [-0.4, -0.2) is 75.7 Å². The van der Waals surface area contributed by atoms with Crippen molar-refractivity contribution in [1.29, 1.82) is 0 Å². The van der Waals surface area contributed by atoms with E-state index in [2.05, 4.69) is 31.0 Å². The van der Waals surface area contributed by atoms with Crippen molar-refractivity contribution in [1.82, 2.24) is 10.2 Å². The number of nitrogens with zero attached hydrogens (tertiary/aromatic N) is 2. The van der Waals surface area contributed by atoms with Gasteiger partial charge in [-0.2, -0.15) is 0 Å². The summed E-state index contributed by atoms with van der Waals surface area (Å²) >= 11 is 0. The highest BCUT2D eigenvalue weighted by Gasteiger charge is 2.25. The number of nitrogens with one attached hydrogen (secondary N) is 1. The zero-order chi connectivity index (χ0) is 18.5. The van der Waals surface area contributed by atoms with Gasteiger partial charge in [0.2, 0.25) is 0 Å². The fraction of sp³-hybridized carbons (Fsp3) is 0.947. The second-order valence-corrected chi connectivity index (χ2v) is 7.37. The standard InChI is InChI=1S/C19H39N3O3.HI/c1-5-20-19(21-13-17(7-9-23)12-16(2)3)22-8-6-18(14-22)15-25-11-10-24-4;/h16-18,23H,5-15H2,1-4H3,(H,20,21);1H. The van der Waals surface area contributed by atoms with Crippen LogP contribution in [0.3, 0.4) is 0 Å². The normalized spacial score (nSPS) is 18.9. The third-order valence-corrected chi connectivity index (χ3v) is 4.55. The summed E-state index contributed by atoms with van der Waals surface area (Å²) in [5.41, 5.74) is 0. The largest absolute Gasteiger partial charge is 0.396 e. The minimum Gasteiger partial charge on any atom is -0.396 e. The van der Waals surface area contributed by atoms with Crippen LogP contribution in [-0.2, 0) is 9.47 Å². The topological polar surface area (TPSA) is 66.3 Å². The number of aliphatic imine (C=N–C) groups is 1. The number of halogens is 1. The molecule has 0 aromatic heterocycles. The zero-order valence-corrected chi connectivity index (χ0v) is 19.4. The summed E-state index contributed by atoms with van der Waals surface area (Å²) in [6.07, 6.45) is 3.08. The Morgan fingerprint density at radius 2 is 2.12 bits per heavy atom. The lowest BCUT2D eigenvalue weighted by Crippen LogP contribution is -2.40. The highest BCUT2D eigenvalue weighted by Crippen LogP contribution is 2.18. The van der Waals surface area contributed by atoms with Crippen LogP contribution < -0.4 is 5.32 Å². The van der Waals surface area contributed by atoms with Crippen molar-refractivity contribution < 1.29 is 14.6 Å². The molecule has 0 aromatic carbocycles. The van der Waals surface area contributed by atoms with Gasteiger partial charge in [-0.15, -0.1) is 24.0 Å². The van der Waals surface area contributed by atoms with Crippen LogP contribution in [0, 0.1) is 17.8 Å². The average molecular weight is 485 g/mol. The molecule has 26 heavy (non-hydrogen) atoms. The van der Waals surface area contributed by atoms with Crippen LogP contribution in [0.15, 0.2) is 4.99 Å². The van der Waals surface area contributed by atoms with Gasteiger partial charge in [0.25, 0.3) is 0 Å². The molecule has 2 atom stereocenters. The van der Waals surface area contributed by atoms with E-state index < -0.39 is 0 Å². The molecule has 2 unspecified atom stereocenters. The molecule has 0 saturated carbocycles. The third kappa shape index (κ3) is 10.9. The Bertz CT molecular complexity index is 370. The molecule has 1 heterocycles. The van der Waals surface area contributed by atoms with Crippen molar-refractivity contribution in [2.45, 2.75) is 40.0 Å². The molecule has 1 saturated heterocycles. The number of hydrogen-bond donors (Lipinski definition) is 2. The quantitative estimate of drug-likeness (QED) is 0.193. The molecule has 7 heteroatoms. The first-order valence-corrected chi connectivity index (χ1v) is 9.81. The molecule has 1 aliphatic rings. The fourth-order valence-corrected chi connectivity index (χ4v) is 3.33. The maximum atomic E-state index is 9.29. The Kier molecular flexibility index (Phi) is 15.8. The second kappa shape index (κ2) is 15.9. The molecule has 0 aliphatic carbocycles. The summed E-state index contributed by atoms with van der Waals surface area (Å²) in [5.74, 6) is 2.65. The van der Waals surface area contributed by atoms with Crippen molar-refractivity contribution in [2.75, 3.05) is 59.7 Å². The highest BCUT2D eigenvalue weighted by molar-refractivity contribution is 14.0. The zero-order valence-electron chi connectivity index (χ0n) is 17.1. The second-order valence-electron chi connectivity index (χ2n) is 7.37. The number of aliphatic hydroxyl groups is 1. The van der Waals surface area contributed by atoms with E-state index in [0.29, 0.717) is 31.0 Å². The van der Waals surface area contributed by atoms with Gasteiger partial charge in [0.05, 0.1) is 19.8 Å². The molecule has 1 fully saturated rings. The lowest BCUT2D eigenvalue weighted by atomic mass is 9.94. The van der Waals surface area contributed by atoms with Crippen molar-refractivity contribution in [3.8, 4) is 0 Å².